The number of ether oxygens (including phenoxy) is 1. The van der Waals surface area contributed by atoms with Crippen LogP contribution in [0, 0.1) is 6.92 Å². The van der Waals surface area contributed by atoms with E-state index in [-0.39, 0.29) is 17.0 Å². The smallest absolute Gasteiger partial charge is 0.278 e. The molecular weight excluding hydrogens is 428 g/mol. The number of carbonyl (C=O) groups is 1. The van der Waals surface area contributed by atoms with Crippen molar-refractivity contribution >= 4 is 17.5 Å². The molecule has 2 heterocycles. The van der Waals surface area contributed by atoms with E-state index in [9.17, 15) is 9.59 Å². The van der Waals surface area contributed by atoms with E-state index in [1.54, 1.807) is 28.6 Å². The summed E-state index contributed by atoms with van der Waals surface area (Å²) in [7, 11) is 0. The quantitative estimate of drug-likeness (QED) is 0.575. The Kier molecular flexibility index (Phi) is 6.87. The summed E-state index contributed by atoms with van der Waals surface area (Å²) in [6, 6.07) is 18.2. The van der Waals surface area contributed by atoms with Crippen LogP contribution in [-0.2, 0) is 0 Å². The van der Waals surface area contributed by atoms with Crippen molar-refractivity contribution in [2.24, 2.45) is 0 Å². The van der Waals surface area contributed by atoms with E-state index < -0.39 is 0 Å². The Morgan fingerprint density at radius 2 is 1.72 bits per heavy atom. The first-order chi connectivity index (χ1) is 15.5. The fraction of sp³-hybridized carbons (Fsp3) is 0.292. The van der Waals surface area contributed by atoms with Gasteiger partial charge in [0.25, 0.3) is 5.91 Å². The highest BCUT2D eigenvalue weighted by molar-refractivity contribution is 6.30. The standard InChI is InChI=1S/C24H25ClN4O3/c1-18-17-22(30)23(26-29(18)20-5-3-2-4-6-20)24(31)28-13-11-27(12-14-28)15-16-32-21-9-7-19(25)8-10-21/h2-10,17H,11-16H2,1H3. The van der Waals surface area contributed by atoms with Crippen LogP contribution < -0.4 is 10.2 Å². The summed E-state index contributed by atoms with van der Waals surface area (Å²) in [4.78, 5) is 29.5. The molecule has 1 fully saturated rings. The van der Waals surface area contributed by atoms with Gasteiger partial charge in [-0.3, -0.25) is 14.5 Å². The third-order valence-corrected chi connectivity index (χ3v) is 5.71. The van der Waals surface area contributed by atoms with Gasteiger partial charge in [0.05, 0.1) is 5.69 Å². The minimum absolute atomic E-state index is 0.0426. The van der Waals surface area contributed by atoms with Gasteiger partial charge in [-0.2, -0.15) is 5.10 Å². The monoisotopic (exact) mass is 452 g/mol. The number of para-hydroxylation sites is 1. The molecule has 0 bridgehead atoms. The highest BCUT2D eigenvalue weighted by Gasteiger charge is 2.25. The lowest BCUT2D eigenvalue weighted by atomic mass is 10.2. The van der Waals surface area contributed by atoms with E-state index in [2.05, 4.69) is 10.00 Å². The summed E-state index contributed by atoms with van der Waals surface area (Å²) >= 11 is 5.89. The second-order valence-corrected chi connectivity index (χ2v) is 8.12. The second kappa shape index (κ2) is 9.97. The molecule has 1 aromatic heterocycles. The summed E-state index contributed by atoms with van der Waals surface area (Å²) in [5.74, 6) is 0.458. The minimum atomic E-state index is -0.349. The van der Waals surface area contributed by atoms with Crippen LogP contribution in [0.2, 0.25) is 5.02 Å². The number of aryl methyl sites for hydroxylation is 1. The molecule has 1 aliphatic rings. The van der Waals surface area contributed by atoms with E-state index in [0.29, 0.717) is 43.5 Å². The van der Waals surface area contributed by atoms with Gasteiger partial charge in [0.1, 0.15) is 12.4 Å². The molecule has 7 nitrogen and oxygen atoms in total. The van der Waals surface area contributed by atoms with E-state index in [4.69, 9.17) is 16.3 Å². The second-order valence-electron chi connectivity index (χ2n) is 7.68. The van der Waals surface area contributed by atoms with E-state index in [0.717, 1.165) is 18.0 Å². The summed E-state index contributed by atoms with van der Waals surface area (Å²) in [5.41, 5.74) is 1.10. The third kappa shape index (κ3) is 5.18. The molecule has 0 radical (unpaired) electrons. The Labute approximate surface area is 191 Å². The molecule has 0 aliphatic carbocycles. The number of halogens is 1. The van der Waals surface area contributed by atoms with Crippen molar-refractivity contribution in [3.8, 4) is 11.4 Å². The molecular formula is C24H25ClN4O3. The molecule has 1 amide bonds. The molecule has 0 spiro atoms. The molecule has 3 aromatic rings. The van der Waals surface area contributed by atoms with Crippen LogP contribution in [0.25, 0.3) is 5.69 Å². The number of aromatic nitrogens is 2. The van der Waals surface area contributed by atoms with E-state index >= 15 is 0 Å². The van der Waals surface area contributed by atoms with Crippen LogP contribution in [0.4, 0.5) is 0 Å². The summed E-state index contributed by atoms with van der Waals surface area (Å²) in [6.45, 7) is 5.63. The topological polar surface area (TPSA) is 67.7 Å². The van der Waals surface area contributed by atoms with Crippen LogP contribution in [0.1, 0.15) is 16.2 Å². The fourth-order valence-electron chi connectivity index (χ4n) is 3.67. The molecule has 1 aliphatic heterocycles. The van der Waals surface area contributed by atoms with Gasteiger partial charge in [0.2, 0.25) is 5.43 Å². The first-order valence-electron chi connectivity index (χ1n) is 10.6. The molecule has 0 atom stereocenters. The average molecular weight is 453 g/mol. The lowest BCUT2D eigenvalue weighted by Gasteiger charge is -2.34. The van der Waals surface area contributed by atoms with Crippen LogP contribution in [0.15, 0.2) is 65.5 Å². The van der Waals surface area contributed by atoms with Gasteiger partial charge in [-0.05, 0) is 43.3 Å². The number of hydrogen-bond acceptors (Lipinski definition) is 5. The van der Waals surface area contributed by atoms with Gasteiger partial charge in [-0.15, -0.1) is 0 Å². The van der Waals surface area contributed by atoms with Crippen molar-refractivity contribution < 1.29 is 9.53 Å². The minimum Gasteiger partial charge on any atom is -0.492 e. The third-order valence-electron chi connectivity index (χ3n) is 5.46. The number of rotatable bonds is 6. The summed E-state index contributed by atoms with van der Waals surface area (Å²) in [5, 5.41) is 5.07. The van der Waals surface area contributed by atoms with Crippen molar-refractivity contribution in [2.75, 3.05) is 39.3 Å². The number of amides is 1. The predicted octanol–water partition coefficient (Wildman–Crippen LogP) is 3.03. The predicted molar refractivity (Wildman–Crippen MR) is 124 cm³/mol. The molecule has 0 unspecified atom stereocenters. The first kappa shape index (κ1) is 22.0. The Bertz CT molecular complexity index is 1120. The Morgan fingerprint density at radius 1 is 1.03 bits per heavy atom. The summed E-state index contributed by atoms with van der Waals surface area (Å²) in [6.07, 6.45) is 0. The van der Waals surface area contributed by atoms with Crippen molar-refractivity contribution in [2.45, 2.75) is 6.92 Å². The zero-order chi connectivity index (χ0) is 22.5. The van der Waals surface area contributed by atoms with Gasteiger partial charge >= 0.3 is 0 Å². The van der Waals surface area contributed by atoms with Gasteiger partial charge in [0.15, 0.2) is 5.69 Å². The summed E-state index contributed by atoms with van der Waals surface area (Å²) < 4.78 is 7.39. The number of hydrogen-bond donors (Lipinski definition) is 0. The number of carbonyl (C=O) groups excluding carboxylic acids is 1. The van der Waals surface area contributed by atoms with Gasteiger partial charge in [-0.25, -0.2) is 4.68 Å². The van der Waals surface area contributed by atoms with Gasteiger partial charge in [0, 0.05) is 49.5 Å². The van der Waals surface area contributed by atoms with Crippen molar-refractivity contribution in [3.63, 3.8) is 0 Å². The maximum absolute atomic E-state index is 13.0. The number of piperazine rings is 1. The highest BCUT2D eigenvalue weighted by Crippen LogP contribution is 2.15. The molecule has 4 rings (SSSR count). The lowest BCUT2D eigenvalue weighted by molar-refractivity contribution is 0.0611. The molecule has 1 saturated heterocycles. The Hall–Kier alpha value is -3.16. The fourth-order valence-corrected chi connectivity index (χ4v) is 3.80. The van der Waals surface area contributed by atoms with Crippen LogP contribution in [-0.4, -0.2) is 64.8 Å². The molecule has 0 N–H and O–H groups in total. The first-order valence-corrected chi connectivity index (χ1v) is 11.0. The van der Waals surface area contributed by atoms with E-state index in [1.165, 1.54) is 6.07 Å². The van der Waals surface area contributed by atoms with Crippen LogP contribution in [0.5, 0.6) is 5.75 Å². The maximum atomic E-state index is 13.0. The van der Waals surface area contributed by atoms with Crippen molar-refractivity contribution in [3.05, 3.63) is 87.3 Å². The van der Waals surface area contributed by atoms with Gasteiger partial charge in [-0.1, -0.05) is 29.8 Å². The molecule has 32 heavy (non-hydrogen) atoms. The van der Waals surface area contributed by atoms with Crippen LogP contribution >= 0.6 is 11.6 Å². The lowest BCUT2D eigenvalue weighted by Crippen LogP contribution is -2.50. The molecule has 0 saturated carbocycles. The number of benzene rings is 2. The van der Waals surface area contributed by atoms with Gasteiger partial charge < -0.3 is 9.64 Å². The van der Waals surface area contributed by atoms with Crippen LogP contribution in [0.3, 0.4) is 0 Å². The zero-order valence-corrected chi connectivity index (χ0v) is 18.7. The largest absolute Gasteiger partial charge is 0.492 e. The Balaban J connectivity index is 1.35. The normalized spacial score (nSPS) is 14.4. The molecule has 166 valence electrons. The zero-order valence-electron chi connectivity index (χ0n) is 17.9. The van der Waals surface area contributed by atoms with Crippen molar-refractivity contribution in [1.29, 1.82) is 0 Å². The highest BCUT2D eigenvalue weighted by atomic mass is 35.5. The van der Waals surface area contributed by atoms with Crippen molar-refractivity contribution in [1.82, 2.24) is 19.6 Å². The maximum Gasteiger partial charge on any atom is 0.278 e. The van der Waals surface area contributed by atoms with E-state index in [1.807, 2.05) is 42.5 Å². The average Bonchev–Trinajstić information content (AvgIpc) is 2.81. The molecule has 2 aromatic carbocycles. The Morgan fingerprint density at radius 3 is 2.41 bits per heavy atom. The number of nitrogens with zero attached hydrogens (tertiary/aromatic N) is 4. The SMILES string of the molecule is Cc1cc(=O)c(C(=O)N2CCN(CCOc3ccc(Cl)cc3)CC2)nn1-c1ccccc1. The molecule has 8 heteroatoms.